The van der Waals surface area contributed by atoms with Crippen molar-refractivity contribution in [2.24, 2.45) is 0 Å². The number of hydrogen-bond acceptors (Lipinski definition) is 5. The van der Waals surface area contributed by atoms with E-state index in [1.165, 1.54) is 13.3 Å². The summed E-state index contributed by atoms with van der Waals surface area (Å²) in [6, 6.07) is 6.76. The van der Waals surface area contributed by atoms with E-state index in [9.17, 15) is 9.59 Å². The van der Waals surface area contributed by atoms with Crippen molar-refractivity contribution in [2.75, 3.05) is 25.1 Å². The summed E-state index contributed by atoms with van der Waals surface area (Å²) in [6.45, 7) is 1.62. The number of pyridine rings is 2. The summed E-state index contributed by atoms with van der Waals surface area (Å²) in [4.78, 5) is 35.7. The number of carbonyl (C=O) groups is 2. The van der Waals surface area contributed by atoms with Crippen LogP contribution in [0.5, 0.6) is 0 Å². The van der Waals surface area contributed by atoms with Gasteiger partial charge in [-0.15, -0.1) is 0 Å². The molecule has 118 valence electrons. The molecule has 3 rings (SSSR count). The fraction of sp³-hybridized carbons (Fsp3) is 0.250. The van der Waals surface area contributed by atoms with E-state index in [0.717, 1.165) is 5.56 Å². The van der Waals surface area contributed by atoms with Crippen LogP contribution in [-0.2, 0) is 11.3 Å². The van der Waals surface area contributed by atoms with Gasteiger partial charge >= 0.3 is 12.0 Å². The smallest absolute Gasteiger partial charge is 0.338 e. The predicted octanol–water partition coefficient (Wildman–Crippen LogP) is 1.71. The summed E-state index contributed by atoms with van der Waals surface area (Å²) in [5, 5.41) is 0. The Kier molecular flexibility index (Phi) is 4.18. The molecule has 0 atom stereocenters. The molecule has 7 nitrogen and oxygen atoms in total. The summed E-state index contributed by atoms with van der Waals surface area (Å²) in [5.41, 5.74) is 1.34. The molecule has 0 radical (unpaired) electrons. The Balaban J connectivity index is 1.75. The SMILES string of the molecule is COC(=O)c1ccnc(N2CCN(Cc3cccnc3)C2=O)c1. The largest absolute Gasteiger partial charge is 0.465 e. The monoisotopic (exact) mass is 312 g/mol. The van der Waals surface area contributed by atoms with E-state index in [4.69, 9.17) is 4.74 Å². The van der Waals surface area contributed by atoms with Crippen LogP contribution in [0.4, 0.5) is 10.6 Å². The normalized spacial score (nSPS) is 14.2. The first-order valence-electron chi connectivity index (χ1n) is 7.19. The molecule has 2 aromatic rings. The molecule has 23 heavy (non-hydrogen) atoms. The number of amides is 2. The van der Waals surface area contributed by atoms with Crippen LogP contribution in [0, 0.1) is 0 Å². The molecule has 2 aromatic heterocycles. The second-order valence-corrected chi connectivity index (χ2v) is 5.11. The quantitative estimate of drug-likeness (QED) is 0.803. The van der Waals surface area contributed by atoms with Gasteiger partial charge in [0.05, 0.1) is 12.7 Å². The summed E-state index contributed by atoms with van der Waals surface area (Å²) in [5.74, 6) is -0.000835. The minimum absolute atomic E-state index is 0.136. The van der Waals surface area contributed by atoms with Crippen molar-refractivity contribution in [3.05, 3.63) is 54.0 Å². The first kappa shape index (κ1) is 15.0. The van der Waals surface area contributed by atoms with Crippen LogP contribution in [0.3, 0.4) is 0 Å². The van der Waals surface area contributed by atoms with Crippen LogP contribution in [-0.4, -0.2) is 47.1 Å². The first-order chi connectivity index (χ1) is 11.2. The number of urea groups is 1. The molecule has 0 bridgehead atoms. The van der Waals surface area contributed by atoms with Gasteiger partial charge in [0.2, 0.25) is 0 Å². The lowest BCUT2D eigenvalue weighted by Gasteiger charge is -2.18. The average Bonchev–Trinajstić information content (AvgIpc) is 2.96. The predicted molar refractivity (Wildman–Crippen MR) is 83.0 cm³/mol. The molecule has 1 saturated heterocycles. The molecule has 0 unspecified atom stereocenters. The van der Waals surface area contributed by atoms with Gasteiger partial charge in [0.1, 0.15) is 5.82 Å². The molecule has 1 aliphatic heterocycles. The third kappa shape index (κ3) is 3.13. The minimum Gasteiger partial charge on any atom is -0.465 e. The maximum absolute atomic E-state index is 12.5. The molecule has 7 heteroatoms. The third-order valence-electron chi connectivity index (χ3n) is 3.63. The summed E-state index contributed by atoms with van der Waals surface area (Å²) in [6.07, 6.45) is 4.94. The van der Waals surface area contributed by atoms with E-state index in [-0.39, 0.29) is 6.03 Å². The lowest BCUT2D eigenvalue weighted by Crippen LogP contribution is -2.32. The van der Waals surface area contributed by atoms with E-state index in [1.54, 1.807) is 34.3 Å². The zero-order valence-electron chi connectivity index (χ0n) is 12.7. The molecular weight excluding hydrogens is 296 g/mol. The Morgan fingerprint density at radius 1 is 1.30 bits per heavy atom. The summed E-state index contributed by atoms with van der Waals surface area (Å²) >= 11 is 0. The van der Waals surface area contributed by atoms with Gasteiger partial charge in [-0.05, 0) is 23.8 Å². The number of methoxy groups -OCH3 is 1. The van der Waals surface area contributed by atoms with Crippen LogP contribution in [0.25, 0.3) is 0 Å². The zero-order valence-corrected chi connectivity index (χ0v) is 12.7. The standard InChI is InChI=1S/C16H16N4O3/c1-23-15(21)13-4-6-18-14(9-13)20-8-7-19(16(20)22)11-12-3-2-5-17-10-12/h2-6,9-10H,7-8,11H2,1H3. The Hall–Kier alpha value is -2.96. The van der Waals surface area contributed by atoms with Gasteiger partial charge < -0.3 is 9.64 Å². The Morgan fingerprint density at radius 3 is 2.91 bits per heavy atom. The van der Waals surface area contributed by atoms with Crippen LogP contribution in [0.1, 0.15) is 15.9 Å². The lowest BCUT2D eigenvalue weighted by molar-refractivity contribution is 0.0600. The molecule has 1 aliphatic rings. The number of aromatic nitrogens is 2. The van der Waals surface area contributed by atoms with E-state index in [1.807, 2.05) is 12.1 Å². The highest BCUT2D eigenvalue weighted by atomic mass is 16.5. The maximum atomic E-state index is 12.5. The summed E-state index contributed by atoms with van der Waals surface area (Å²) in [7, 11) is 1.32. The highest BCUT2D eigenvalue weighted by molar-refractivity contribution is 5.95. The number of nitrogens with zero attached hydrogens (tertiary/aromatic N) is 4. The molecule has 0 aromatic carbocycles. The molecule has 3 heterocycles. The van der Waals surface area contributed by atoms with Crippen molar-refractivity contribution >= 4 is 17.8 Å². The topological polar surface area (TPSA) is 75.6 Å². The Morgan fingerprint density at radius 2 is 2.17 bits per heavy atom. The van der Waals surface area contributed by atoms with Gasteiger partial charge in [0.25, 0.3) is 0 Å². The Bertz CT molecular complexity index is 720. The van der Waals surface area contributed by atoms with Crippen LogP contribution >= 0.6 is 0 Å². The van der Waals surface area contributed by atoms with Gasteiger partial charge in [0.15, 0.2) is 0 Å². The minimum atomic E-state index is -0.451. The number of hydrogen-bond donors (Lipinski definition) is 0. The van der Waals surface area contributed by atoms with Crippen molar-refractivity contribution < 1.29 is 14.3 Å². The number of ether oxygens (including phenoxy) is 1. The highest BCUT2D eigenvalue weighted by Crippen LogP contribution is 2.20. The second kappa shape index (κ2) is 6.43. The fourth-order valence-electron chi connectivity index (χ4n) is 2.46. The van der Waals surface area contributed by atoms with Crippen molar-refractivity contribution in [1.29, 1.82) is 0 Å². The average molecular weight is 312 g/mol. The first-order valence-corrected chi connectivity index (χ1v) is 7.19. The van der Waals surface area contributed by atoms with Crippen molar-refractivity contribution in [1.82, 2.24) is 14.9 Å². The second-order valence-electron chi connectivity index (χ2n) is 5.11. The summed E-state index contributed by atoms with van der Waals surface area (Å²) < 4.78 is 4.69. The number of esters is 1. The van der Waals surface area contributed by atoms with Gasteiger partial charge in [-0.3, -0.25) is 9.88 Å². The van der Waals surface area contributed by atoms with Gasteiger partial charge in [-0.2, -0.15) is 0 Å². The molecule has 0 saturated carbocycles. The fourth-order valence-corrected chi connectivity index (χ4v) is 2.46. The van der Waals surface area contributed by atoms with E-state index >= 15 is 0 Å². The van der Waals surface area contributed by atoms with Crippen LogP contribution in [0.2, 0.25) is 0 Å². The molecule has 0 spiro atoms. The van der Waals surface area contributed by atoms with E-state index in [2.05, 4.69) is 9.97 Å². The molecule has 2 amide bonds. The molecule has 0 N–H and O–H groups in total. The van der Waals surface area contributed by atoms with E-state index < -0.39 is 5.97 Å². The van der Waals surface area contributed by atoms with Gasteiger partial charge in [-0.25, -0.2) is 14.6 Å². The lowest BCUT2D eigenvalue weighted by atomic mass is 10.2. The zero-order chi connectivity index (χ0) is 16.2. The molecule has 0 aliphatic carbocycles. The van der Waals surface area contributed by atoms with Crippen molar-refractivity contribution in [3.63, 3.8) is 0 Å². The number of anilines is 1. The molecule has 1 fully saturated rings. The van der Waals surface area contributed by atoms with Crippen molar-refractivity contribution in [2.45, 2.75) is 6.54 Å². The van der Waals surface area contributed by atoms with Crippen molar-refractivity contribution in [3.8, 4) is 0 Å². The number of carbonyl (C=O) groups excluding carboxylic acids is 2. The molecular formula is C16H16N4O3. The highest BCUT2D eigenvalue weighted by Gasteiger charge is 2.30. The maximum Gasteiger partial charge on any atom is 0.338 e. The Labute approximate surface area is 133 Å². The van der Waals surface area contributed by atoms with E-state index in [0.29, 0.717) is 31.0 Å². The van der Waals surface area contributed by atoms with Crippen LogP contribution in [0.15, 0.2) is 42.9 Å². The number of rotatable bonds is 4. The van der Waals surface area contributed by atoms with Gasteiger partial charge in [-0.1, -0.05) is 6.07 Å². The third-order valence-corrected chi connectivity index (χ3v) is 3.63. The van der Waals surface area contributed by atoms with Gasteiger partial charge in [0, 0.05) is 38.2 Å². The van der Waals surface area contributed by atoms with Crippen LogP contribution < -0.4 is 4.90 Å².